The normalized spacial score (nSPS) is 23.1. The summed E-state index contributed by atoms with van der Waals surface area (Å²) in [6.45, 7) is 9.61. The number of fused-ring (bicyclic) bond motifs is 3. The zero-order valence-electron chi connectivity index (χ0n) is 27.3. The Kier molecular flexibility index (Phi) is 8.60. The molecule has 3 fully saturated rings. The average Bonchev–Trinajstić information content (AvgIpc) is 3.66. The van der Waals surface area contributed by atoms with Crippen LogP contribution in [0.5, 0.6) is 5.75 Å². The number of likely N-dealkylation sites (N-methyl/N-ethyl adjacent to an activating group) is 1. The standard InChI is InChI=1S/C37H46N6O3/c1-24-33(12-6-28-14-19-46-35(24)28)37(45)39-22-26-20-31-10-11-32(21-26)43(31)34-13-7-29(23-38-34)36(44)40-25(2)27-4-8-30(9-5-27)42-17-15-41(3)16-18-42/h4-9,12-13,23,25-26,31-32H,10-11,14-22H2,1-3H3,(H,39,45)(H,40,44)/t25-,26?,31?,32?/m0/s1. The zero-order chi connectivity index (χ0) is 31.8. The fourth-order valence-corrected chi connectivity index (χ4v) is 7.89. The van der Waals surface area contributed by atoms with Gasteiger partial charge >= 0.3 is 0 Å². The minimum absolute atomic E-state index is 0.0157. The second-order valence-electron chi connectivity index (χ2n) is 13.6. The lowest BCUT2D eigenvalue weighted by Crippen LogP contribution is -2.46. The number of rotatable bonds is 8. The van der Waals surface area contributed by atoms with E-state index in [1.807, 2.05) is 38.1 Å². The summed E-state index contributed by atoms with van der Waals surface area (Å²) in [4.78, 5) is 38.2. The smallest absolute Gasteiger partial charge is 0.253 e. The summed E-state index contributed by atoms with van der Waals surface area (Å²) in [5, 5.41) is 6.36. The van der Waals surface area contributed by atoms with Crippen molar-refractivity contribution < 1.29 is 14.3 Å². The van der Waals surface area contributed by atoms with Crippen molar-refractivity contribution in [1.82, 2.24) is 20.5 Å². The first-order valence-corrected chi connectivity index (χ1v) is 17.0. The minimum atomic E-state index is -0.114. The summed E-state index contributed by atoms with van der Waals surface area (Å²) in [7, 11) is 2.17. The lowest BCUT2D eigenvalue weighted by Gasteiger charge is -2.40. The summed E-state index contributed by atoms with van der Waals surface area (Å²) in [5.74, 6) is 2.13. The fraction of sp³-hybridized carbons (Fsp3) is 0.486. The Hall–Kier alpha value is -4.11. The van der Waals surface area contributed by atoms with Gasteiger partial charge in [-0.2, -0.15) is 0 Å². The maximum absolute atomic E-state index is 13.1. The van der Waals surface area contributed by atoms with Crippen LogP contribution in [-0.4, -0.2) is 80.2 Å². The first-order valence-electron chi connectivity index (χ1n) is 17.0. The van der Waals surface area contributed by atoms with Crippen LogP contribution >= 0.6 is 0 Å². The van der Waals surface area contributed by atoms with Crippen molar-refractivity contribution in [3.63, 3.8) is 0 Å². The van der Waals surface area contributed by atoms with Gasteiger partial charge in [0.15, 0.2) is 0 Å². The molecule has 0 spiro atoms. The van der Waals surface area contributed by atoms with Crippen LogP contribution in [0, 0.1) is 12.8 Å². The van der Waals surface area contributed by atoms with E-state index in [9.17, 15) is 9.59 Å². The highest BCUT2D eigenvalue weighted by Crippen LogP contribution is 2.41. The van der Waals surface area contributed by atoms with Crippen LogP contribution in [0.2, 0.25) is 0 Å². The van der Waals surface area contributed by atoms with Gasteiger partial charge in [0.1, 0.15) is 11.6 Å². The average molecular weight is 623 g/mol. The molecule has 3 atom stereocenters. The van der Waals surface area contributed by atoms with Gasteiger partial charge in [-0.1, -0.05) is 18.2 Å². The number of piperidine rings is 1. The van der Waals surface area contributed by atoms with E-state index in [0.717, 1.165) is 81.0 Å². The molecule has 0 radical (unpaired) electrons. The summed E-state index contributed by atoms with van der Waals surface area (Å²) < 4.78 is 5.77. The highest BCUT2D eigenvalue weighted by Gasteiger charge is 2.41. The van der Waals surface area contributed by atoms with Gasteiger partial charge in [-0.25, -0.2) is 4.98 Å². The molecule has 2 N–H and O–H groups in total. The fourth-order valence-electron chi connectivity index (χ4n) is 7.89. The predicted octanol–water partition coefficient (Wildman–Crippen LogP) is 4.75. The van der Waals surface area contributed by atoms with Crippen LogP contribution in [0.3, 0.4) is 0 Å². The number of nitrogens with zero attached hydrogens (tertiary/aromatic N) is 4. The van der Waals surface area contributed by atoms with Gasteiger partial charge in [0.05, 0.1) is 18.2 Å². The van der Waals surface area contributed by atoms with E-state index in [1.54, 1.807) is 6.20 Å². The van der Waals surface area contributed by atoms with Crippen molar-refractivity contribution in [3.8, 4) is 5.75 Å². The molecule has 3 saturated heterocycles. The summed E-state index contributed by atoms with van der Waals surface area (Å²) in [5.41, 5.74) is 5.73. The molecule has 7 rings (SSSR count). The van der Waals surface area contributed by atoms with Gasteiger partial charge in [0, 0.05) is 74.2 Å². The highest BCUT2D eigenvalue weighted by atomic mass is 16.5. The van der Waals surface area contributed by atoms with E-state index < -0.39 is 0 Å². The largest absolute Gasteiger partial charge is 0.493 e. The molecule has 1 aromatic heterocycles. The third-order valence-corrected chi connectivity index (χ3v) is 10.6. The number of nitrogens with one attached hydrogen (secondary N) is 2. The third kappa shape index (κ3) is 6.17. The van der Waals surface area contributed by atoms with Crippen LogP contribution in [0.4, 0.5) is 11.5 Å². The van der Waals surface area contributed by atoms with Crippen molar-refractivity contribution in [2.45, 2.75) is 64.1 Å². The molecular weight excluding hydrogens is 576 g/mol. The Balaban J connectivity index is 0.914. The van der Waals surface area contributed by atoms with Crippen LogP contribution in [0.25, 0.3) is 0 Å². The Labute approximate surface area is 272 Å². The number of piperazine rings is 1. The van der Waals surface area contributed by atoms with Crippen LogP contribution in [0.15, 0.2) is 54.7 Å². The van der Waals surface area contributed by atoms with E-state index in [1.165, 1.54) is 11.3 Å². The third-order valence-electron chi connectivity index (χ3n) is 10.6. The van der Waals surface area contributed by atoms with Gasteiger partial charge in [0.2, 0.25) is 0 Å². The van der Waals surface area contributed by atoms with Gasteiger partial charge < -0.3 is 30.1 Å². The minimum Gasteiger partial charge on any atom is -0.493 e. The first kappa shape index (κ1) is 30.5. The van der Waals surface area contributed by atoms with Gasteiger partial charge in [-0.05, 0) is 94.0 Å². The summed E-state index contributed by atoms with van der Waals surface area (Å²) >= 11 is 0. The zero-order valence-corrected chi connectivity index (χ0v) is 27.3. The second kappa shape index (κ2) is 12.9. The molecular formula is C37H46N6O3. The molecule has 9 nitrogen and oxygen atoms in total. The quantitative estimate of drug-likeness (QED) is 0.375. The monoisotopic (exact) mass is 622 g/mol. The maximum atomic E-state index is 13.1. The summed E-state index contributed by atoms with van der Waals surface area (Å²) in [6, 6.07) is 17.1. The van der Waals surface area contributed by atoms with Crippen LogP contribution in [0.1, 0.15) is 76.1 Å². The van der Waals surface area contributed by atoms with Gasteiger partial charge in [-0.15, -0.1) is 0 Å². The van der Waals surface area contributed by atoms with Crippen molar-refractivity contribution in [1.29, 1.82) is 0 Å². The molecule has 2 aromatic carbocycles. The summed E-state index contributed by atoms with van der Waals surface area (Å²) in [6.07, 6.45) is 6.94. The van der Waals surface area contributed by atoms with Crippen LogP contribution < -0.4 is 25.2 Å². The lowest BCUT2D eigenvalue weighted by atomic mass is 9.90. The van der Waals surface area contributed by atoms with Crippen LogP contribution in [-0.2, 0) is 6.42 Å². The molecule has 0 saturated carbocycles. The van der Waals surface area contributed by atoms with Crippen molar-refractivity contribution >= 4 is 23.3 Å². The van der Waals surface area contributed by atoms with Crippen molar-refractivity contribution in [2.75, 3.05) is 56.2 Å². The number of hydrogen-bond donors (Lipinski definition) is 2. The van der Waals surface area contributed by atoms with E-state index in [-0.39, 0.29) is 17.9 Å². The molecule has 2 bridgehead atoms. The highest BCUT2D eigenvalue weighted by molar-refractivity contribution is 5.96. The second-order valence-corrected chi connectivity index (χ2v) is 13.6. The van der Waals surface area contributed by atoms with Gasteiger partial charge in [0.25, 0.3) is 11.8 Å². The Bertz CT molecular complexity index is 1550. The van der Waals surface area contributed by atoms with E-state index >= 15 is 0 Å². The van der Waals surface area contributed by atoms with Crippen molar-refractivity contribution in [2.24, 2.45) is 5.92 Å². The topological polar surface area (TPSA) is 90.0 Å². The van der Waals surface area contributed by atoms with E-state index in [2.05, 4.69) is 56.6 Å². The number of amides is 2. The SMILES string of the molecule is Cc1c(C(=O)NCC2CC3CCC(C2)N3c2ccc(C(=O)N[C@@H](C)c3ccc(N4CCN(C)CC4)cc3)cn2)ccc2c1OCC2. The number of carbonyl (C=O) groups excluding carboxylic acids is 2. The molecule has 0 aliphatic carbocycles. The Morgan fingerprint density at radius 2 is 1.70 bits per heavy atom. The molecule has 4 aliphatic heterocycles. The number of ether oxygens (including phenoxy) is 1. The van der Waals surface area contributed by atoms with E-state index in [4.69, 9.17) is 9.72 Å². The number of benzene rings is 2. The molecule has 2 unspecified atom stereocenters. The molecule has 4 aliphatic rings. The molecule has 2 amide bonds. The Morgan fingerprint density at radius 1 is 0.957 bits per heavy atom. The van der Waals surface area contributed by atoms with Gasteiger partial charge in [-0.3, -0.25) is 9.59 Å². The number of anilines is 2. The molecule has 242 valence electrons. The molecule has 46 heavy (non-hydrogen) atoms. The predicted molar refractivity (Wildman–Crippen MR) is 181 cm³/mol. The number of pyridine rings is 1. The Morgan fingerprint density at radius 3 is 2.39 bits per heavy atom. The lowest BCUT2D eigenvalue weighted by molar-refractivity contribution is 0.0932. The number of hydrogen-bond acceptors (Lipinski definition) is 7. The molecule has 3 aromatic rings. The molecule has 5 heterocycles. The van der Waals surface area contributed by atoms with Crippen molar-refractivity contribution in [3.05, 3.63) is 82.5 Å². The van der Waals surface area contributed by atoms with E-state index in [0.29, 0.717) is 42.3 Å². The maximum Gasteiger partial charge on any atom is 0.253 e. The number of aromatic nitrogens is 1. The molecule has 9 heteroatoms. The first-order chi connectivity index (χ1) is 22.3. The number of carbonyl (C=O) groups is 2.